The van der Waals surface area contributed by atoms with Crippen LogP contribution in [0.4, 0.5) is 5.69 Å². The van der Waals surface area contributed by atoms with Gasteiger partial charge < -0.3 is 20.9 Å². The molecule has 0 aliphatic carbocycles. The number of benzene rings is 1. The van der Waals surface area contributed by atoms with Crippen LogP contribution in [0.25, 0.3) is 0 Å². The molecule has 1 aliphatic rings. The highest BCUT2D eigenvalue weighted by molar-refractivity contribution is 5.95. The minimum Gasteiger partial charge on any atom is -0.398 e. The fourth-order valence-electron chi connectivity index (χ4n) is 2.06. The van der Waals surface area contributed by atoms with Crippen LogP contribution in [0.1, 0.15) is 28.8 Å². The summed E-state index contributed by atoms with van der Waals surface area (Å²) in [7, 11) is 0. The molecule has 1 saturated heterocycles. The SMILES string of the molecule is Cc1ccc(C(=O)NCC2(O)CCOCC2)cc1N. The Balaban J connectivity index is 1.95. The van der Waals surface area contributed by atoms with Gasteiger partial charge in [0, 0.05) is 43.9 Å². The third-order valence-electron chi connectivity index (χ3n) is 3.54. The number of hydrogen-bond acceptors (Lipinski definition) is 4. The van der Waals surface area contributed by atoms with Crippen LogP contribution in [0, 0.1) is 6.92 Å². The summed E-state index contributed by atoms with van der Waals surface area (Å²) in [5.41, 5.74) is 6.97. The predicted molar refractivity (Wildman–Crippen MR) is 72.9 cm³/mol. The van der Waals surface area contributed by atoms with Crippen LogP contribution in [0.3, 0.4) is 0 Å². The molecule has 2 rings (SSSR count). The zero-order valence-electron chi connectivity index (χ0n) is 11.1. The van der Waals surface area contributed by atoms with Gasteiger partial charge >= 0.3 is 0 Å². The van der Waals surface area contributed by atoms with Gasteiger partial charge in [-0.05, 0) is 24.6 Å². The highest BCUT2D eigenvalue weighted by Crippen LogP contribution is 2.19. The largest absolute Gasteiger partial charge is 0.398 e. The first-order valence-electron chi connectivity index (χ1n) is 6.45. The molecule has 1 aromatic rings. The quantitative estimate of drug-likeness (QED) is 0.707. The van der Waals surface area contributed by atoms with E-state index >= 15 is 0 Å². The Hall–Kier alpha value is -1.59. The van der Waals surface area contributed by atoms with Crippen LogP contribution in [0.15, 0.2) is 18.2 Å². The highest BCUT2D eigenvalue weighted by atomic mass is 16.5. The number of rotatable bonds is 3. The first-order valence-corrected chi connectivity index (χ1v) is 6.45. The van der Waals surface area contributed by atoms with Crippen LogP contribution in [-0.2, 0) is 4.74 Å². The Bertz CT molecular complexity index is 468. The fraction of sp³-hybridized carbons (Fsp3) is 0.500. The number of anilines is 1. The highest BCUT2D eigenvalue weighted by Gasteiger charge is 2.30. The van der Waals surface area contributed by atoms with E-state index in [1.807, 2.05) is 13.0 Å². The molecule has 5 nitrogen and oxygen atoms in total. The number of amides is 1. The van der Waals surface area contributed by atoms with Crippen molar-refractivity contribution in [1.82, 2.24) is 5.32 Å². The molecule has 0 spiro atoms. The summed E-state index contributed by atoms with van der Waals surface area (Å²) in [6.07, 6.45) is 1.09. The third-order valence-corrected chi connectivity index (χ3v) is 3.54. The standard InChI is InChI=1S/C14H20N2O3/c1-10-2-3-11(8-12(10)15)13(17)16-9-14(18)4-6-19-7-5-14/h2-3,8,18H,4-7,9,15H2,1H3,(H,16,17). The fourth-order valence-corrected chi connectivity index (χ4v) is 2.06. The van der Waals surface area contributed by atoms with Gasteiger partial charge in [-0.1, -0.05) is 6.07 Å². The molecule has 1 aliphatic heterocycles. The first kappa shape index (κ1) is 13.8. The second-order valence-electron chi connectivity index (χ2n) is 5.09. The summed E-state index contributed by atoms with van der Waals surface area (Å²) in [6, 6.07) is 5.20. The van der Waals surface area contributed by atoms with Gasteiger partial charge in [-0.3, -0.25) is 4.79 Å². The van der Waals surface area contributed by atoms with Crippen molar-refractivity contribution in [2.75, 3.05) is 25.5 Å². The lowest BCUT2D eigenvalue weighted by Gasteiger charge is -2.32. The van der Waals surface area contributed by atoms with Gasteiger partial charge in [0.05, 0.1) is 5.60 Å². The van der Waals surface area contributed by atoms with Gasteiger partial charge in [0.1, 0.15) is 0 Å². The van der Waals surface area contributed by atoms with Crippen molar-refractivity contribution in [3.05, 3.63) is 29.3 Å². The molecule has 5 heteroatoms. The number of nitrogens with two attached hydrogens (primary N) is 1. The van der Waals surface area contributed by atoms with Gasteiger partial charge in [0.15, 0.2) is 0 Å². The van der Waals surface area contributed by atoms with Crippen molar-refractivity contribution in [2.24, 2.45) is 0 Å². The molecule has 4 N–H and O–H groups in total. The molecule has 19 heavy (non-hydrogen) atoms. The number of carbonyl (C=O) groups is 1. The van der Waals surface area contributed by atoms with Crippen LogP contribution in [0.5, 0.6) is 0 Å². The molecule has 104 valence electrons. The zero-order chi connectivity index (χ0) is 13.9. The van der Waals surface area contributed by atoms with E-state index in [4.69, 9.17) is 10.5 Å². The average Bonchev–Trinajstić information content (AvgIpc) is 2.40. The van der Waals surface area contributed by atoms with E-state index in [1.54, 1.807) is 12.1 Å². The molecule has 1 heterocycles. The summed E-state index contributed by atoms with van der Waals surface area (Å²) in [5.74, 6) is -0.216. The molecule has 0 radical (unpaired) electrons. The summed E-state index contributed by atoms with van der Waals surface area (Å²) in [4.78, 5) is 12.0. The lowest BCUT2D eigenvalue weighted by molar-refractivity contribution is -0.0605. The second kappa shape index (κ2) is 5.59. The molecule has 0 aromatic heterocycles. The first-order chi connectivity index (χ1) is 9.00. The molecule has 0 unspecified atom stereocenters. The number of ether oxygens (including phenoxy) is 1. The predicted octanol–water partition coefficient (Wildman–Crippen LogP) is 0.849. The number of carbonyl (C=O) groups excluding carboxylic acids is 1. The van der Waals surface area contributed by atoms with Crippen molar-refractivity contribution in [3.8, 4) is 0 Å². The minimum atomic E-state index is -0.857. The Morgan fingerprint density at radius 1 is 1.47 bits per heavy atom. The minimum absolute atomic E-state index is 0.216. The zero-order valence-corrected chi connectivity index (χ0v) is 11.1. The van der Waals surface area contributed by atoms with Gasteiger partial charge in [-0.15, -0.1) is 0 Å². The van der Waals surface area contributed by atoms with E-state index in [9.17, 15) is 9.90 Å². The van der Waals surface area contributed by atoms with E-state index < -0.39 is 5.60 Å². The van der Waals surface area contributed by atoms with E-state index in [1.165, 1.54) is 0 Å². The van der Waals surface area contributed by atoms with Gasteiger partial charge in [0.2, 0.25) is 0 Å². The van der Waals surface area contributed by atoms with Crippen molar-refractivity contribution in [2.45, 2.75) is 25.4 Å². The summed E-state index contributed by atoms with van der Waals surface area (Å²) >= 11 is 0. The van der Waals surface area contributed by atoms with Crippen LogP contribution in [0.2, 0.25) is 0 Å². The number of nitrogens with one attached hydrogen (secondary N) is 1. The van der Waals surface area contributed by atoms with Gasteiger partial charge in [-0.2, -0.15) is 0 Å². The van der Waals surface area contributed by atoms with Crippen molar-refractivity contribution in [3.63, 3.8) is 0 Å². The molecule has 1 aromatic carbocycles. The van der Waals surface area contributed by atoms with E-state index in [-0.39, 0.29) is 12.5 Å². The van der Waals surface area contributed by atoms with E-state index in [0.717, 1.165) is 5.56 Å². The van der Waals surface area contributed by atoms with E-state index in [2.05, 4.69) is 5.32 Å². The lowest BCUT2D eigenvalue weighted by Crippen LogP contribution is -2.46. The molecular formula is C14H20N2O3. The summed E-state index contributed by atoms with van der Waals surface area (Å²) in [5, 5.41) is 13.0. The normalized spacial score (nSPS) is 18.0. The average molecular weight is 264 g/mol. The topological polar surface area (TPSA) is 84.6 Å². The smallest absolute Gasteiger partial charge is 0.251 e. The number of aliphatic hydroxyl groups is 1. The van der Waals surface area contributed by atoms with Gasteiger partial charge in [-0.25, -0.2) is 0 Å². The Labute approximate surface area is 112 Å². The number of nitrogen functional groups attached to an aromatic ring is 1. The monoisotopic (exact) mass is 264 g/mol. The van der Waals surface area contributed by atoms with Crippen LogP contribution >= 0.6 is 0 Å². The maximum Gasteiger partial charge on any atom is 0.251 e. The van der Waals surface area contributed by atoms with Crippen LogP contribution in [-0.4, -0.2) is 36.4 Å². The van der Waals surface area contributed by atoms with E-state index in [0.29, 0.717) is 37.3 Å². The van der Waals surface area contributed by atoms with Crippen molar-refractivity contribution in [1.29, 1.82) is 0 Å². The van der Waals surface area contributed by atoms with Gasteiger partial charge in [0.25, 0.3) is 5.91 Å². The van der Waals surface area contributed by atoms with Crippen LogP contribution < -0.4 is 11.1 Å². The lowest BCUT2D eigenvalue weighted by atomic mass is 9.94. The second-order valence-corrected chi connectivity index (χ2v) is 5.09. The Kier molecular flexibility index (Phi) is 4.07. The maximum absolute atomic E-state index is 12.0. The maximum atomic E-state index is 12.0. The third kappa shape index (κ3) is 3.45. The summed E-state index contributed by atoms with van der Waals surface area (Å²) in [6.45, 7) is 3.19. The Morgan fingerprint density at radius 3 is 2.79 bits per heavy atom. The summed E-state index contributed by atoms with van der Waals surface area (Å²) < 4.78 is 5.20. The van der Waals surface area contributed by atoms with Crippen molar-refractivity contribution < 1.29 is 14.6 Å². The molecular weight excluding hydrogens is 244 g/mol. The molecule has 1 amide bonds. The van der Waals surface area contributed by atoms with Crippen molar-refractivity contribution >= 4 is 11.6 Å². The molecule has 1 fully saturated rings. The Morgan fingerprint density at radius 2 is 2.16 bits per heavy atom. The molecule has 0 saturated carbocycles. The molecule has 0 atom stereocenters. The number of hydrogen-bond donors (Lipinski definition) is 3. The number of aryl methyl sites for hydroxylation is 1. The molecule has 0 bridgehead atoms.